The molecule has 10 heteroatoms. The number of hydrogen-bond donors (Lipinski definition) is 4. The number of fused-ring (bicyclic) bond motifs is 1. The predicted molar refractivity (Wildman–Crippen MR) is 116 cm³/mol. The predicted octanol–water partition coefficient (Wildman–Crippen LogP) is 3.98. The zero-order chi connectivity index (χ0) is 21.5. The number of allylic oxidation sites excluding steroid dienone is 1. The van der Waals surface area contributed by atoms with E-state index in [2.05, 4.69) is 31.2 Å². The number of carbonyl (C=O) groups excluding carboxylic acids is 1. The minimum atomic E-state index is -0.623. The summed E-state index contributed by atoms with van der Waals surface area (Å²) in [6.07, 6.45) is -0.303. The summed E-state index contributed by atoms with van der Waals surface area (Å²) >= 11 is 8.48. The van der Waals surface area contributed by atoms with Gasteiger partial charge in [-0.2, -0.15) is 0 Å². The first kappa shape index (κ1) is 21.1. The Kier molecular flexibility index (Phi) is 5.85. The molecule has 0 saturated carbocycles. The van der Waals surface area contributed by atoms with Gasteiger partial charge in [0.25, 0.3) is 0 Å². The summed E-state index contributed by atoms with van der Waals surface area (Å²) in [6, 6.07) is 3.35. The fourth-order valence-corrected chi connectivity index (χ4v) is 3.95. The number of methoxy groups -OCH3 is 1. The number of phenols is 1. The third-order valence-electron chi connectivity index (χ3n) is 4.45. The molecule has 1 aromatic carbocycles. The average Bonchev–Trinajstić information content (AvgIpc) is 2.61. The van der Waals surface area contributed by atoms with Crippen molar-refractivity contribution < 1.29 is 19.4 Å². The highest BCUT2D eigenvalue weighted by molar-refractivity contribution is 9.10. The van der Waals surface area contributed by atoms with Gasteiger partial charge in [0.05, 0.1) is 29.2 Å². The Morgan fingerprint density at radius 2 is 2.10 bits per heavy atom. The molecule has 1 aromatic heterocycles. The molecule has 1 aliphatic rings. The largest absolute Gasteiger partial charge is 0.503 e. The van der Waals surface area contributed by atoms with Gasteiger partial charge < -0.3 is 30.6 Å². The van der Waals surface area contributed by atoms with Gasteiger partial charge in [0.2, 0.25) is 0 Å². The van der Waals surface area contributed by atoms with Crippen LogP contribution in [0.2, 0.25) is 0 Å². The number of nitrogen functional groups attached to an aromatic ring is 1. The van der Waals surface area contributed by atoms with E-state index in [0.29, 0.717) is 32.7 Å². The summed E-state index contributed by atoms with van der Waals surface area (Å²) in [7, 11) is 1.45. The maximum Gasteiger partial charge on any atom is 0.337 e. The van der Waals surface area contributed by atoms with Crippen LogP contribution in [0.15, 0.2) is 27.9 Å². The molecule has 0 bridgehead atoms. The van der Waals surface area contributed by atoms with Gasteiger partial charge in [0.15, 0.2) is 16.3 Å². The molecule has 0 spiro atoms. The molecule has 0 fully saturated rings. The van der Waals surface area contributed by atoms with Crippen molar-refractivity contribution in [1.29, 1.82) is 0 Å². The lowest BCUT2D eigenvalue weighted by atomic mass is 9.81. The average molecular weight is 481 g/mol. The molecule has 0 radical (unpaired) electrons. The van der Waals surface area contributed by atoms with Gasteiger partial charge in [-0.1, -0.05) is 0 Å². The van der Waals surface area contributed by atoms with Gasteiger partial charge in [0, 0.05) is 11.3 Å². The molecule has 154 valence electrons. The molecule has 2 heterocycles. The molecular weight excluding hydrogens is 460 g/mol. The molecule has 29 heavy (non-hydrogen) atoms. The van der Waals surface area contributed by atoms with Gasteiger partial charge in [-0.3, -0.25) is 0 Å². The van der Waals surface area contributed by atoms with Crippen molar-refractivity contribution in [3.63, 3.8) is 0 Å². The molecule has 1 aliphatic heterocycles. The van der Waals surface area contributed by atoms with E-state index in [1.54, 1.807) is 32.9 Å². The summed E-state index contributed by atoms with van der Waals surface area (Å²) in [4.78, 5) is 20.2. The van der Waals surface area contributed by atoms with Crippen LogP contribution in [0.3, 0.4) is 0 Å². The second-order valence-electron chi connectivity index (χ2n) is 6.82. The van der Waals surface area contributed by atoms with Crippen molar-refractivity contribution in [2.45, 2.75) is 32.8 Å². The van der Waals surface area contributed by atoms with Crippen molar-refractivity contribution in [2.24, 2.45) is 0 Å². The Balaban J connectivity index is 2.31. The zero-order valence-corrected chi connectivity index (χ0v) is 18.7. The van der Waals surface area contributed by atoms with E-state index in [1.807, 2.05) is 0 Å². The van der Waals surface area contributed by atoms with E-state index in [-0.39, 0.29) is 28.2 Å². The van der Waals surface area contributed by atoms with Crippen LogP contribution in [0.4, 0.5) is 11.6 Å². The minimum Gasteiger partial charge on any atom is -0.503 e. The van der Waals surface area contributed by atoms with Crippen LogP contribution in [0.5, 0.6) is 11.5 Å². The lowest BCUT2D eigenvalue weighted by Gasteiger charge is -2.30. The van der Waals surface area contributed by atoms with E-state index < -0.39 is 11.9 Å². The maximum absolute atomic E-state index is 13.0. The van der Waals surface area contributed by atoms with Gasteiger partial charge in [-0.15, -0.1) is 0 Å². The summed E-state index contributed by atoms with van der Waals surface area (Å²) in [6.45, 7) is 5.32. The third kappa shape index (κ3) is 3.95. The zero-order valence-electron chi connectivity index (χ0n) is 16.3. The molecule has 0 aliphatic carbocycles. The standard InChI is InChI=1S/C19H21BrN4O4S/c1-7(2)28-18(26)12-8(3)22-17-14(16(21)23-19(29)24-17)13(12)9-5-10(20)15(25)11(6-9)27-4/h5-7,13,25H,1-4H3,(H4,21,22,23,24,29). The van der Waals surface area contributed by atoms with Crippen molar-refractivity contribution in [1.82, 2.24) is 9.97 Å². The van der Waals surface area contributed by atoms with Crippen LogP contribution in [-0.4, -0.2) is 34.3 Å². The van der Waals surface area contributed by atoms with Gasteiger partial charge in [-0.25, -0.2) is 9.78 Å². The number of aromatic nitrogens is 2. The van der Waals surface area contributed by atoms with Crippen LogP contribution in [-0.2, 0) is 9.53 Å². The number of nitrogens with zero attached hydrogens (tertiary/aromatic N) is 1. The highest BCUT2D eigenvalue weighted by Crippen LogP contribution is 2.47. The number of ether oxygens (including phenoxy) is 2. The SMILES string of the molecule is COc1cc(C2C(C(=O)OC(C)C)=C(C)Nc3nc(=S)[nH]c(N)c32)cc(Br)c1O. The van der Waals surface area contributed by atoms with E-state index in [0.717, 1.165) is 0 Å². The lowest BCUT2D eigenvalue weighted by molar-refractivity contribution is -0.142. The fraction of sp³-hybridized carbons (Fsp3) is 0.316. The Bertz CT molecular complexity index is 1080. The number of halogens is 1. The quantitative estimate of drug-likeness (QED) is 0.382. The minimum absolute atomic E-state index is 0.0454. The number of phenolic OH excluding ortho intramolecular Hbond substituents is 1. The van der Waals surface area contributed by atoms with Crippen LogP contribution >= 0.6 is 28.1 Å². The highest BCUT2D eigenvalue weighted by Gasteiger charge is 2.37. The Hall–Kier alpha value is -2.59. The number of H-pyrrole nitrogens is 1. The van der Waals surface area contributed by atoms with Crippen molar-refractivity contribution >= 4 is 45.8 Å². The highest BCUT2D eigenvalue weighted by atomic mass is 79.9. The summed E-state index contributed by atoms with van der Waals surface area (Å²) in [5.41, 5.74) is 8.41. The normalized spacial score (nSPS) is 15.7. The van der Waals surface area contributed by atoms with Gasteiger partial charge >= 0.3 is 5.97 Å². The third-order valence-corrected chi connectivity index (χ3v) is 5.25. The molecule has 0 amide bonds. The maximum atomic E-state index is 13.0. The Labute approximate surface area is 181 Å². The molecule has 3 rings (SSSR count). The summed E-state index contributed by atoms with van der Waals surface area (Å²) in [5.74, 6) is -0.163. The van der Waals surface area contributed by atoms with Crippen molar-refractivity contribution in [3.8, 4) is 11.5 Å². The molecule has 2 aromatic rings. The topological polar surface area (TPSA) is 122 Å². The number of nitrogens with two attached hydrogens (primary N) is 1. The number of hydrogen-bond acceptors (Lipinski definition) is 8. The fourth-order valence-electron chi connectivity index (χ4n) is 3.29. The van der Waals surface area contributed by atoms with Crippen LogP contribution in [0, 0.1) is 4.77 Å². The number of anilines is 2. The van der Waals surface area contributed by atoms with Gasteiger partial charge in [0.1, 0.15) is 11.6 Å². The van der Waals surface area contributed by atoms with Crippen LogP contribution < -0.4 is 15.8 Å². The first-order chi connectivity index (χ1) is 13.6. The second-order valence-corrected chi connectivity index (χ2v) is 8.06. The Morgan fingerprint density at radius 3 is 2.72 bits per heavy atom. The molecular formula is C19H21BrN4O4S. The first-order valence-electron chi connectivity index (χ1n) is 8.78. The molecule has 1 atom stereocenters. The van der Waals surface area contributed by atoms with E-state index in [4.69, 9.17) is 27.4 Å². The van der Waals surface area contributed by atoms with Crippen molar-refractivity contribution in [3.05, 3.63) is 43.8 Å². The van der Waals surface area contributed by atoms with Crippen molar-refractivity contribution in [2.75, 3.05) is 18.2 Å². The monoisotopic (exact) mass is 480 g/mol. The number of esters is 1. The van der Waals surface area contributed by atoms with E-state index in [1.165, 1.54) is 7.11 Å². The number of aromatic hydroxyl groups is 1. The number of carbonyl (C=O) groups is 1. The lowest BCUT2D eigenvalue weighted by Crippen LogP contribution is -2.27. The van der Waals surface area contributed by atoms with Crippen LogP contribution in [0.1, 0.15) is 37.8 Å². The Morgan fingerprint density at radius 1 is 1.41 bits per heavy atom. The number of nitrogens with one attached hydrogen (secondary N) is 2. The molecule has 1 unspecified atom stereocenters. The first-order valence-corrected chi connectivity index (χ1v) is 9.99. The molecule has 0 saturated heterocycles. The number of benzene rings is 1. The molecule has 8 nitrogen and oxygen atoms in total. The van der Waals surface area contributed by atoms with Crippen LogP contribution in [0.25, 0.3) is 0 Å². The smallest absolute Gasteiger partial charge is 0.337 e. The van der Waals surface area contributed by atoms with E-state index >= 15 is 0 Å². The molecule has 5 N–H and O–H groups in total. The summed E-state index contributed by atoms with van der Waals surface area (Å²) < 4.78 is 11.4. The number of rotatable bonds is 4. The summed E-state index contributed by atoms with van der Waals surface area (Å²) in [5, 5.41) is 13.3. The van der Waals surface area contributed by atoms with E-state index in [9.17, 15) is 9.90 Å². The second kappa shape index (κ2) is 8.03. The van der Waals surface area contributed by atoms with Gasteiger partial charge in [-0.05, 0) is 66.6 Å². The number of aromatic amines is 1.